The topological polar surface area (TPSA) is 75.7 Å². The number of carbonyl (C=O) groups excluding carboxylic acids is 3. The highest BCUT2D eigenvalue weighted by Gasteiger charge is 2.56. The smallest absolute Gasteiger partial charge is 0.356 e. The molecule has 2 amide bonds. The molecule has 0 unspecified atom stereocenters. The Morgan fingerprint density at radius 1 is 0.750 bits per heavy atom. The Bertz CT molecular complexity index is 1790. The van der Waals surface area contributed by atoms with Crippen LogP contribution in [-0.2, 0) is 19.1 Å². The van der Waals surface area contributed by atoms with Crippen LogP contribution < -0.4 is 21.2 Å². The summed E-state index contributed by atoms with van der Waals surface area (Å²) in [5.41, 5.74) is 2.78. The van der Waals surface area contributed by atoms with Gasteiger partial charge in [0.15, 0.2) is 6.10 Å². The molecule has 1 N–H and O–H groups in total. The SMILES string of the molecule is O=CN[C@@H]1C(=O)N2C(C(=O)OC(c3ccccc3)c3ccccc3)=C(C[P+](c3ccccc3)(c3ccccc3)c3ccccc3)CS[C@@H]12. The Labute approximate surface area is 285 Å². The molecular formula is C40H34N2O4PS+. The van der Waals surface area contributed by atoms with E-state index in [1.54, 1.807) is 16.7 Å². The van der Waals surface area contributed by atoms with Crippen LogP contribution in [0.15, 0.2) is 163 Å². The number of carbonyl (C=O) groups is 3. The zero-order valence-corrected chi connectivity index (χ0v) is 27.8. The summed E-state index contributed by atoms with van der Waals surface area (Å²) in [6.45, 7) is 0. The number of amides is 2. The van der Waals surface area contributed by atoms with Crippen LogP contribution in [0.1, 0.15) is 17.2 Å². The molecule has 2 atom stereocenters. The first-order valence-corrected chi connectivity index (χ1v) is 18.9. The van der Waals surface area contributed by atoms with Crippen molar-refractivity contribution < 1.29 is 19.1 Å². The molecule has 5 aromatic rings. The quantitative estimate of drug-likeness (QED) is 0.0859. The molecule has 0 radical (unpaired) electrons. The highest BCUT2D eigenvalue weighted by atomic mass is 32.2. The van der Waals surface area contributed by atoms with Gasteiger partial charge in [0.05, 0.1) is 6.16 Å². The number of β-lactam (4-membered cyclic amide) rings is 1. The van der Waals surface area contributed by atoms with Crippen molar-refractivity contribution in [2.24, 2.45) is 0 Å². The fraction of sp³-hybridized carbons (Fsp3) is 0.125. The Hall–Kier alpha value is -4.97. The Kier molecular flexibility index (Phi) is 9.24. The molecule has 48 heavy (non-hydrogen) atoms. The summed E-state index contributed by atoms with van der Waals surface area (Å²) in [5.74, 6) is -0.369. The summed E-state index contributed by atoms with van der Waals surface area (Å²) in [4.78, 5) is 41.4. The number of ether oxygens (including phenoxy) is 1. The van der Waals surface area contributed by atoms with Crippen molar-refractivity contribution in [2.75, 3.05) is 11.9 Å². The lowest BCUT2D eigenvalue weighted by Gasteiger charge is -2.49. The van der Waals surface area contributed by atoms with Gasteiger partial charge in [-0.25, -0.2) is 4.79 Å². The summed E-state index contributed by atoms with van der Waals surface area (Å²) in [5, 5.41) is 5.79. The molecule has 1 saturated heterocycles. The number of thioether (sulfide) groups is 1. The maximum Gasteiger partial charge on any atom is 0.356 e. The van der Waals surface area contributed by atoms with Gasteiger partial charge >= 0.3 is 5.97 Å². The van der Waals surface area contributed by atoms with Gasteiger partial charge in [0, 0.05) is 11.3 Å². The molecular weight excluding hydrogens is 635 g/mol. The maximum absolute atomic E-state index is 14.7. The van der Waals surface area contributed by atoms with Crippen molar-refractivity contribution in [3.8, 4) is 0 Å². The third-order valence-corrected chi connectivity index (χ3v) is 14.7. The van der Waals surface area contributed by atoms with Gasteiger partial charge in [0.1, 0.15) is 40.3 Å². The van der Waals surface area contributed by atoms with Crippen LogP contribution in [0, 0.1) is 0 Å². The van der Waals surface area contributed by atoms with Gasteiger partial charge in [-0.1, -0.05) is 115 Å². The Morgan fingerprint density at radius 3 is 1.62 bits per heavy atom. The fourth-order valence-corrected chi connectivity index (χ4v) is 12.5. The molecule has 5 aromatic carbocycles. The molecule has 6 nitrogen and oxygen atoms in total. The third kappa shape index (κ3) is 5.85. The summed E-state index contributed by atoms with van der Waals surface area (Å²) in [7, 11) is -2.41. The van der Waals surface area contributed by atoms with E-state index >= 15 is 0 Å². The number of nitrogens with one attached hydrogen (secondary N) is 1. The lowest BCUT2D eigenvalue weighted by molar-refractivity contribution is -0.154. The average Bonchev–Trinajstić information content (AvgIpc) is 3.16. The normalized spacial score (nSPS) is 17.4. The molecule has 7 rings (SSSR count). The summed E-state index contributed by atoms with van der Waals surface area (Å²) < 4.78 is 6.44. The largest absolute Gasteiger partial charge is 0.448 e. The van der Waals surface area contributed by atoms with E-state index in [9.17, 15) is 14.4 Å². The Balaban J connectivity index is 1.40. The van der Waals surface area contributed by atoms with Crippen molar-refractivity contribution in [1.29, 1.82) is 0 Å². The zero-order valence-electron chi connectivity index (χ0n) is 26.1. The second kappa shape index (κ2) is 14.0. The number of nitrogens with zero attached hydrogens (tertiary/aromatic N) is 1. The van der Waals surface area contributed by atoms with Crippen LogP contribution in [0.3, 0.4) is 0 Å². The van der Waals surface area contributed by atoms with E-state index in [0.717, 1.165) is 16.7 Å². The number of rotatable bonds is 11. The van der Waals surface area contributed by atoms with E-state index < -0.39 is 30.8 Å². The predicted octanol–water partition coefficient (Wildman–Crippen LogP) is 5.60. The number of hydrogen-bond donors (Lipinski definition) is 1. The van der Waals surface area contributed by atoms with E-state index in [1.807, 2.05) is 78.9 Å². The van der Waals surface area contributed by atoms with E-state index in [0.29, 0.717) is 18.3 Å². The standard InChI is InChI=1S/C40H33N2O4PS/c43-28-41-35-38(44)42-36(40(45)46-37(29-16-6-1-7-17-29)30-18-8-2-9-19-30)31(27-48-39(35)42)26-47(32-20-10-3-11-21-32,33-22-12-4-13-23-33)34-24-14-5-15-25-34/h1-25,28,35,37,39H,26-27H2/p+1/t35-,39+/m1/s1. The lowest BCUT2D eigenvalue weighted by Crippen LogP contribution is -2.69. The summed E-state index contributed by atoms with van der Waals surface area (Å²) in [6, 6.07) is 50.0. The van der Waals surface area contributed by atoms with Crippen LogP contribution in [0.25, 0.3) is 0 Å². The second-order valence-corrected chi connectivity index (χ2v) is 16.3. The van der Waals surface area contributed by atoms with Crippen molar-refractivity contribution in [3.63, 3.8) is 0 Å². The van der Waals surface area contributed by atoms with Crippen LogP contribution >= 0.6 is 19.0 Å². The van der Waals surface area contributed by atoms with Crippen LogP contribution in [0.4, 0.5) is 0 Å². The molecule has 2 heterocycles. The maximum atomic E-state index is 14.7. The van der Waals surface area contributed by atoms with Gasteiger partial charge in [0.25, 0.3) is 5.91 Å². The Morgan fingerprint density at radius 2 is 1.19 bits per heavy atom. The van der Waals surface area contributed by atoms with Crippen LogP contribution in [-0.4, -0.2) is 46.5 Å². The number of esters is 1. The first kappa shape index (κ1) is 31.6. The van der Waals surface area contributed by atoms with Gasteiger partial charge in [-0.2, -0.15) is 0 Å². The van der Waals surface area contributed by atoms with E-state index in [-0.39, 0.29) is 11.6 Å². The second-order valence-electron chi connectivity index (χ2n) is 11.7. The highest BCUT2D eigenvalue weighted by Crippen LogP contribution is 2.58. The van der Waals surface area contributed by atoms with Crippen molar-refractivity contribution in [3.05, 3.63) is 174 Å². The molecule has 0 aliphatic carbocycles. The van der Waals surface area contributed by atoms with E-state index in [2.05, 4.69) is 78.1 Å². The van der Waals surface area contributed by atoms with E-state index in [4.69, 9.17) is 4.74 Å². The van der Waals surface area contributed by atoms with Gasteiger partial charge in [0.2, 0.25) is 6.41 Å². The van der Waals surface area contributed by atoms with Crippen molar-refractivity contribution in [1.82, 2.24) is 10.2 Å². The minimum Gasteiger partial charge on any atom is -0.448 e. The summed E-state index contributed by atoms with van der Waals surface area (Å²) in [6.07, 6.45) is 0.403. The molecule has 238 valence electrons. The molecule has 0 spiro atoms. The monoisotopic (exact) mass is 669 g/mol. The molecule has 0 aromatic heterocycles. The minimum atomic E-state index is -2.41. The minimum absolute atomic E-state index is 0.275. The first-order valence-electron chi connectivity index (χ1n) is 15.8. The van der Waals surface area contributed by atoms with Gasteiger partial charge in [-0.3, -0.25) is 14.5 Å². The zero-order chi connectivity index (χ0) is 32.9. The lowest BCUT2D eigenvalue weighted by atomic mass is 10.0. The number of benzene rings is 5. The highest BCUT2D eigenvalue weighted by molar-refractivity contribution is 8.00. The van der Waals surface area contributed by atoms with Crippen LogP contribution in [0.5, 0.6) is 0 Å². The third-order valence-electron chi connectivity index (χ3n) is 8.94. The molecule has 1 fully saturated rings. The van der Waals surface area contributed by atoms with Gasteiger partial charge in [-0.05, 0) is 47.5 Å². The predicted molar refractivity (Wildman–Crippen MR) is 194 cm³/mol. The molecule has 0 saturated carbocycles. The molecule has 8 heteroatoms. The van der Waals surface area contributed by atoms with Gasteiger partial charge in [-0.15, -0.1) is 11.8 Å². The molecule has 2 aliphatic rings. The molecule has 2 aliphatic heterocycles. The first-order chi connectivity index (χ1) is 23.6. The van der Waals surface area contributed by atoms with Crippen LogP contribution in [0.2, 0.25) is 0 Å². The van der Waals surface area contributed by atoms with Gasteiger partial charge < -0.3 is 10.1 Å². The van der Waals surface area contributed by atoms with Crippen molar-refractivity contribution >= 4 is 53.2 Å². The number of fused-ring (bicyclic) bond motifs is 1. The van der Waals surface area contributed by atoms with Crippen molar-refractivity contribution in [2.45, 2.75) is 17.5 Å². The van der Waals surface area contributed by atoms with E-state index in [1.165, 1.54) is 15.9 Å². The fourth-order valence-electron chi connectivity index (χ4n) is 6.69. The average molecular weight is 670 g/mol. The number of hydrogen-bond acceptors (Lipinski definition) is 5. The molecule has 0 bridgehead atoms. The summed E-state index contributed by atoms with van der Waals surface area (Å²) >= 11 is 1.57.